The predicted molar refractivity (Wildman–Crippen MR) is 101 cm³/mol. The van der Waals surface area contributed by atoms with E-state index in [0.29, 0.717) is 25.3 Å². The zero-order valence-corrected chi connectivity index (χ0v) is 15.9. The summed E-state index contributed by atoms with van der Waals surface area (Å²) >= 11 is 3.39. The molecule has 8 heteroatoms. The van der Waals surface area contributed by atoms with Gasteiger partial charge < -0.3 is 10.2 Å². The Kier molecular flexibility index (Phi) is 5.51. The summed E-state index contributed by atoms with van der Waals surface area (Å²) in [4.78, 5) is 42.1. The third kappa shape index (κ3) is 4.19. The Morgan fingerprint density at radius 2 is 2.15 bits per heavy atom. The second kappa shape index (κ2) is 7.82. The minimum Gasteiger partial charge on any atom is -0.354 e. The van der Waals surface area contributed by atoms with Crippen LogP contribution in [-0.2, 0) is 16.1 Å². The summed E-state index contributed by atoms with van der Waals surface area (Å²) in [5.74, 6) is -0.638. The van der Waals surface area contributed by atoms with Gasteiger partial charge in [0.25, 0.3) is 5.56 Å². The molecule has 3 rings (SSSR count). The van der Waals surface area contributed by atoms with Crippen molar-refractivity contribution in [2.75, 3.05) is 18.0 Å². The summed E-state index contributed by atoms with van der Waals surface area (Å²) in [7, 11) is 0. The van der Waals surface area contributed by atoms with E-state index in [2.05, 4.69) is 26.2 Å². The number of amides is 2. The maximum Gasteiger partial charge on any atom is 0.253 e. The largest absolute Gasteiger partial charge is 0.354 e. The van der Waals surface area contributed by atoms with Crippen LogP contribution in [0.2, 0.25) is 0 Å². The molecule has 0 radical (unpaired) electrons. The number of nitrogens with one attached hydrogen (secondary N) is 1. The second-order valence-corrected chi connectivity index (χ2v) is 7.15. The quantitative estimate of drug-likeness (QED) is 0.796. The van der Waals surface area contributed by atoms with Crippen LogP contribution in [0.25, 0.3) is 0 Å². The number of aromatic nitrogens is 2. The minimum absolute atomic E-state index is 0.0674. The molecule has 0 spiro atoms. The first-order valence-corrected chi connectivity index (χ1v) is 9.10. The van der Waals surface area contributed by atoms with Gasteiger partial charge in [-0.15, -0.1) is 0 Å². The number of carbonyl (C=O) groups excluding carboxylic acids is 2. The minimum atomic E-state index is -0.394. The lowest BCUT2D eigenvalue weighted by atomic mass is 10.1. The monoisotopic (exact) mass is 418 g/mol. The highest BCUT2D eigenvalue weighted by Crippen LogP contribution is 2.27. The fourth-order valence-electron chi connectivity index (χ4n) is 2.91. The normalized spacial score (nSPS) is 16.8. The number of rotatable bonds is 5. The van der Waals surface area contributed by atoms with Crippen molar-refractivity contribution in [2.45, 2.75) is 19.9 Å². The van der Waals surface area contributed by atoms with Crippen molar-refractivity contribution >= 4 is 33.4 Å². The van der Waals surface area contributed by atoms with Crippen LogP contribution in [-0.4, -0.2) is 34.5 Å². The molecular formula is C18H19BrN4O3. The number of hydrogen-bond acceptors (Lipinski definition) is 4. The van der Waals surface area contributed by atoms with E-state index in [4.69, 9.17) is 0 Å². The molecule has 26 heavy (non-hydrogen) atoms. The van der Waals surface area contributed by atoms with Crippen LogP contribution in [0.1, 0.15) is 12.1 Å². The standard InChI is InChI=1S/C18H19BrN4O3/c1-12-7-16(24)22(11-21-12)6-5-20-18(26)13-8-17(25)23(10-13)15-4-2-3-14(19)9-15/h2-4,7,9,11,13H,5-6,8,10H2,1H3,(H,20,26)/t13-/m0/s1. The summed E-state index contributed by atoms with van der Waals surface area (Å²) < 4.78 is 2.33. The fraction of sp³-hybridized carbons (Fsp3) is 0.333. The van der Waals surface area contributed by atoms with Gasteiger partial charge in [0.15, 0.2) is 0 Å². The van der Waals surface area contributed by atoms with E-state index in [0.717, 1.165) is 10.2 Å². The third-order valence-corrected chi connectivity index (χ3v) is 4.78. The molecule has 7 nitrogen and oxygen atoms in total. The number of aryl methyl sites for hydroxylation is 1. The average Bonchev–Trinajstić information content (AvgIpc) is 2.99. The zero-order valence-electron chi connectivity index (χ0n) is 14.3. The Bertz CT molecular complexity index is 896. The number of hydrogen-bond donors (Lipinski definition) is 1. The first kappa shape index (κ1) is 18.3. The van der Waals surface area contributed by atoms with Crippen molar-refractivity contribution in [1.82, 2.24) is 14.9 Å². The van der Waals surface area contributed by atoms with Crippen molar-refractivity contribution in [3.63, 3.8) is 0 Å². The van der Waals surface area contributed by atoms with Crippen molar-refractivity contribution in [3.05, 3.63) is 57.2 Å². The highest BCUT2D eigenvalue weighted by molar-refractivity contribution is 9.10. The molecule has 136 valence electrons. The van der Waals surface area contributed by atoms with E-state index >= 15 is 0 Å². The Morgan fingerprint density at radius 3 is 2.88 bits per heavy atom. The Balaban J connectivity index is 1.55. The van der Waals surface area contributed by atoms with Crippen molar-refractivity contribution in [1.29, 1.82) is 0 Å². The molecule has 1 fully saturated rings. The molecular weight excluding hydrogens is 400 g/mol. The highest BCUT2D eigenvalue weighted by Gasteiger charge is 2.34. The van der Waals surface area contributed by atoms with Gasteiger partial charge in [-0.25, -0.2) is 4.98 Å². The third-order valence-electron chi connectivity index (χ3n) is 4.28. The van der Waals surface area contributed by atoms with E-state index in [1.54, 1.807) is 11.8 Å². The SMILES string of the molecule is Cc1cc(=O)n(CCNC(=O)[C@H]2CC(=O)N(c3cccc(Br)c3)C2)cn1. The molecule has 1 aromatic carbocycles. The first-order chi connectivity index (χ1) is 12.4. The Morgan fingerprint density at radius 1 is 1.35 bits per heavy atom. The van der Waals surface area contributed by atoms with Crippen molar-refractivity contribution in [3.8, 4) is 0 Å². The Labute approximate surface area is 159 Å². The molecule has 1 aromatic heterocycles. The molecule has 0 aliphatic carbocycles. The summed E-state index contributed by atoms with van der Waals surface area (Å²) in [6.45, 7) is 2.76. The van der Waals surface area contributed by atoms with Gasteiger partial charge in [-0.3, -0.25) is 19.0 Å². The highest BCUT2D eigenvalue weighted by atomic mass is 79.9. The van der Waals surface area contributed by atoms with Crippen LogP contribution < -0.4 is 15.8 Å². The van der Waals surface area contributed by atoms with E-state index in [-0.39, 0.29) is 23.8 Å². The predicted octanol–water partition coefficient (Wildman–Crippen LogP) is 1.48. The van der Waals surface area contributed by atoms with Gasteiger partial charge in [-0.05, 0) is 25.1 Å². The molecule has 0 bridgehead atoms. The summed E-state index contributed by atoms with van der Waals surface area (Å²) in [6, 6.07) is 8.89. The second-order valence-electron chi connectivity index (χ2n) is 6.24. The van der Waals surface area contributed by atoms with Gasteiger partial charge in [0, 0.05) is 48.0 Å². The van der Waals surface area contributed by atoms with E-state index in [1.807, 2.05) is 24.3 Å². The molecule has 1 atom stereocenters. The molecule has 0 saturated carbocycles. The van der Waals surface area contributed by atoms with Gasteiger partial charge in [0.1, 0.15) is 0 Å². The molecule has 2 aromatic rings. The number of benzene rings is 1. The topological polar surface area (TPSA) is 84.3 Å². The number of carbonyl (C=O) groups is 2. The maximum atomic E-state index is 12.4. The summed E-state index contributed by atoms with van der Waals surface area (Å²) in [5, 5.41) is 2.80. The summed E-state index contributed by atoms with van der Waals surface area (Å²) in [5.41, 5.74) is 1.29. The lowest BCUT2D eigenvalue weighted by molar-refractivity contribution is -0.126. The average molecular weight is 419 g/mol. The number of nitrogens with zero attached hydrogens (tertiary/aromatic N) is 3. The molecule has 1 aliphatic heterocycles. The van der Waals surface area contributed by atoms with Gasteiger partial charge in [0.2, 0.25) is 11.8 Å². The fourth-order valence-corrected chi connectivity index (χ4v) is 3.29. The molecule has 0 unspecified atom stereocenters. The van der Waals surface area contributed by atoms with Gasteiger partial charge in [-0.2, -0.15) is 0 Å². The van der Waals surface area contributed by atoms with E-state index < -0.39 is 5.92 Å². The van der Waals surface area contributed by atoms with Crippen molar-refractivity contribution in [2.24, 2.45) is 5.92 Å². The van der Waals surface area contributed by atoms with Gasteiger partial charge >= 0.3 is 0 Å². The van der Waals surface area contributed by atoms with E-state index in [1.165, 1.54) is 17.0 Å². The molecule has 1 aliphatic rings. The van der Waals surface area contributed by atoms with Crippen molar-refractivity contribution < 1.29 is 9.59 Å². The van der Waals surface area contributed by atoms with Crippen LogP contribution >= 0.6 is 15.9 Å². The van der Waals surface area contributed by atoms with E-state index in [9.17, 15) is 14.4 Å². The zero-order chi connectivity index (χ0) is 18.7. The summed E-state index contributed by atoms with van der Waals surface area (Å²) in [6.07, 6.45) is 1.66. The number of anilines is 1. The molecule has 2 heterocycles. The molecule has 1 N–H and O–H groups in total. The maximum absolute atomic E-state index is 12.4. The lowest BCUT2D eigenvalue weighted by Gasteiger charge is -2.17. The first-order valence-electron chi connectivity index (χ1n) is 8.31. The van der Waals surface area contributed by atoms with Gasteiger partial charge in [-0.1, -0.05) is 22.0 Å². The smallest absolute Gasteiger partial charge is 0.253 e. The van der Waals surface area contributed by atoms with Gasteiger partial charge in [0.05, 0.1) is 12.2 Å². The molecule has 1 saturated heterocycles. The van der Waals surface area contributed by atoms with Crippen LogP contribution in [0.15, 0.2) is 45.9 Å². The molecule has 2 amide bonds. The Hall–Kier alpha value is -2.48. The van der Waals surface area contributed by atoms with Crippen LogP contribution in [0, 0.1) is 12.8 Å². The van der Waals surface area contributed by atoms with Crippen LogP contribution in [0.5, 0.6) is 0 Å². The van der Waals surface area contributed by atoms with Crippen LogP contribution in [0.4, 0.5) is 5.69 Å². The van der Waals surface area contributed by atoms with Crippen LogP contribution in [0.3, 0.4) is 0 Å². The number of halogens is 1. The lowest BCUT2D eigenvalue weighted by Crippen LogP contribution is -2.36.